The number of aryl methyl sites for hydroxylation is 1. The van der Waals surface area contributed by atoms with Crippen LogP contribution in [0.25, 0.3) is 10.9 Å². The number of carbonyl (C=O) groups excluding carboxylic acids is 2. The van der Waals surface area contributed by atoms with Crippen molar-refractivity contribution in [2.24, 2.45) is 11.7 Å². The zero-order chi connectivity index (χ0) is 18.0. The predicted octanol–water partition coefficient (Wildman–Crippen LogP) is 2.42. The van der Waals surface area contributed by atoms with E-state index in [1.165, 1.54) is 0 Å². The number of benzene rings is 1. The smallest absolute Gasteiger partial charge is 0.341 e. The Balaban J connectivity index is 2.14. The van der Waals surface area contributed by atoms with E-state index < -0.39 is 5.97 Å². The topological polar surface area (TPSA) is 85.5 Å². The molecule has 25 heavy (non-hydrogen) atoms. The Labute approximate surface area is 147 Å². The zero-order valence-corrected chi connectivity index (χ0v) is 14.6. The van der Waals surface area contributed by atoms with Gasteiger partial charge in [0.2, 0.25) is 5.91 Å². The first-order chi connectivity index (χ1) is 12.0. The highest BCUT2D eigenvalue weighted by Crippen LogP contribution is 2.33. The van der Waals surface area contributed by atoms with Crippen LogP contribution in [-0.4, -0.2) is 36.6 Å². The Morgan fingerprint density at radius 1 is 1.40 bits per heavy atom. The van der Waals surface area contributed by atoms with Crippen LogP contribution < -0.4 is 10.6 Å². The molecule has 1 aliphatic rings. The van der Waals surface area contributed by atoms with Crippen LogP contribution in [0.3, 0.4) is 0 Å². The van der Waals surface area contributed by atoms with E-state index in [4.69, 9.17) is 10.5 Å². The minimum absolute atomic E-state index is 0.211. The quantitative estimate of drug-likeness (QED) is 0.863. The summed E-state index contributed by atoms with van der Waals surface area (Å²) < 4.78 is 5.22. The lowest BCUT2D eigenvalue weighted by Gasteiger charge is -2.34. The lowest BCUT2D eigenvalue weighted by Crippen LogP contribution is -2.41. The van der Waals surface area contributed by atoms with Crippen molar-refractivity contribution in [2.75, 3.05) is 24.6 Å². The summed E-state index contributed by atoms with van der Waals surface area (Å²) in [6, 6.07) is 5.96. The van der Waals surface area contributed by atoms with Gasteiger partial charge in [0.05, 0.1) is 23.7 Å². The molecule has 1 aliphatic heterocycles. The number of carbonyl (C=O) groups is 2. The average molecular weight is 341 g/mol. The molecule has 1 amide bonds. The van der Waals surface area contributed by atoms with Crippen molar-refractivity contribution in [1.82, 2.24) is 4.98 Å². The summed E-state index contributed by atoms with van der Waals surface area (Å²) in [5.41, 5.74) is 8.64. The largest absolute Gasteiger partial charge is 0.462 e. The van der Waals surface area contributed by atoms with Crippen LogP contribution in [-0.2, 0) is 9.53 Å². The molecule has 1 unspecified atom stereocenters. The molecule has 0 radical (unpaired) electrons. The van der Waals surface area contributed by atoms with Crippen molar-refractivity contribution in [1.29, 1.82) is 0 Å². The van der Waals surface area contributed by atoms with Crippen molar-refractivity contribution in [2.45, 2.75) is 26.7 Å². The Kier molecular flexibility index (Phi) is 4.88. The van der Waals surface area contributed by atoms with E-state index in [0.717, 1.165) is 41.5 Å². The highest BCUT2D eigenvalue weighted by atomic mass is 16.5. The molecular weight excluding hydrogens is 318 g/mol. The molecule has 2 N–H and O–H groups in total. The third-order valence-electron chi connectivity index (χ3n) is 4.63. The van der Waals surface area contributed by atoms with Gasteiger partial charge in [-0.05, 0) is 38.8 Å². The van der Waals surface area contributed by atoms with Crippen molar-refractivity contribution in [3.8, 4) is 0 Å². The molecule has 1 saturated heterocycles. The van der Waals surface area contributed by atoms with Gasteiger partial charge < -0.3 is 15.4 Å². The Bertz CT molecular complexity index is 819. The minimum Gasteiger partial charge on any atom is -0.462 e. The van der Waals surface area contributed by atoms with E-state index in [1.54, 1.807) is 13.1 Å². The monoisotopic (exact) mass is 341 g/mol. The Morgan fingerprint density at radius 3 is 2.92 bits per heavy atom. The van der Waals surface area contributed by atoms with Crippen molar-refractivity contribution in [3.63, 3.8) is 0 Å². The third kappa shape index (κ3) is 3.43. The van der Waals surface area contributed by atoms with E-state index in [0.29, 0.717) is 18.7 Å². The van der Waals surface area contributed by atoms with Crippen LogP contribution in [0.15, 0.2) is 24.4 Å². The predicted molar refractivity (Wildman–Crippen MR) is 96.6 cm³/mol. The number of piperidine rings is 1. The number of hydrogen-bond acceptors (Lipinski definition) is 5. The van der Waals surface area contributed by atoms with Gasteiger partial charge in [0.25, 0.3) is 0 Å². The third-order valence-corrected chi connectivity index (χ3v) is 4.63. The standard InChI is InChI=1S/C19H23N3O3/c1-3-25-19(24)15-10-21-16-7-6-12(2)9-14(16)17(15)22-8-4-5-13(11-22)18(20)23/h6-7,9-10,13H,3-5,8,11H2,1-2H3,(H2,20,23). The molecular formula is C19H23N3O3. The number of nitrogens with two attached hydrogens (primary N) is 1. The van der Waals surface area contributed by atoms with E-state index in [9.17, 15) is 9.59 Å². The van der Waals surface area contributed by atoms with Crippen molar-refractivity contribution < 1.29 is 14.3 Å². The Morgan fingerprint density at radius 2 is 2.20 bits per heavy atom. The molecule has 0 bridgehead atoms. The highest BCUT2D eigenvalue weighted by molar-refractivity contribution is 6.05. The first-order valence-electron chi connectivity index (χ1n) is 8.62. The van der Waals surface area contributed by atoms with E-state index in [1.807, 2.05) is 25.1 Å². The first kappa shape index (κ1) is 17.2. The van der Waals surface area contributed by atoms with Gasteiger partial charge in [0.15, 0.2) is 0 Å². The average Bonchev–Trinajstić information content (AvgIpc) is 2.60. The van der Waals surface area contributed by atoms with Gasteiger partial charge in [-0.1, -0.05) is 11.6 Å². The van der Waals surface area contributed by atoms with E-state index in [2.05, 4.69) is 9.88 Å². The fourth-order valence-corrected chi connectivity index (χ4v) is 3.40. The number of nitrogens with zero attached hydrogens (tertiary/aromatic N) is 2. The van der Waals surface area contributed by atoms with Crippen LogP contribution >= 0.6 is 0 Å². The number of anilines is 1. The Hall–Kier alpha value is -2.63. The van der Waals surface area contributed by atoms with Crippen molar-refractivity contribution >= 4 is 28.5 Å². The molecule has 6 heteroatoms. The number of aromatic nitrogens is 1. The maximum absolute atomic E-state index is 12.5. The summed E-state index contributed by atoms with van der Waals surface area (Å²) in [6.45, 7) is 5.36. The van der Waals surface area contributed by atoms with Gasteiger partial charge in [-0.3, -0.25) is 9.78 Å². The van der Waals surface area contributed by atoms with Gasteiger partial charge in [-0.2, -0.15) is 0 Å². The summed E-state index contributed by atoms with van der Waals surface area (Å²) in [7, 11) is 0. The summed E-state index contributed by atoms with van der Waals surface area (Å²) in [5, 5.41) is 0.899. The summed E-state index contributed by atoms with van der Waals surface area (Å²) in [6.07, 6.45) is 3.20. The molecule has 1 aromatic carbocycles. The zero-order valence-electron chi connectivity index (χ0n) is 14.6. The van der Waals surface area contributed by atoms with Gasteiger partial charge in [-0.15, -0.1) is 0 Å². The molecule has 1 fully saturated rings. The minimum atomic E-state index is -0.394. The fraction of sp³-hybridized carbons (Fsp3) is 0.421. The number of hydrogen-bond donors (Lipinski definition) is 1. The maximum Gasteiger partial charge on any atom is 0.341 e. The number of primary amides is 1. The van der Waals surface area contributed by atoms with Gasteiger partial charge >= 0.3 is 5.97 Å². The second-order valence-electron chi connectivity index (χ2n) is 6.45. The molecule has 2 heterocycles. The second-order valence-corrected chi connectivity index (χ2v) is 6.45. The summed E-state index contributed by atoms with van der Waals surface area (Å²) >= 11 is 0. The van der Waals surface area contributed by atoms with Gasteiger partial charge in [-0.25, -0.2) is 4.79 Å². The van der Waals surface area contributed by atoms with Crippen LogP contribution in [0.2, 0.25) is 0 Å². The molecule has 0 spiro atoms. The van der Waals surface area contributed by atoms with Crippen molar-refractivity contribution in [3.05, 3.63) is 35.5 Å². The van der Waals surface area contributed by atoms with Crippen LogP contribution in [0.4, 0.5) is 5.69 Å². The van der Waals surface area contributed by atoms with Crippen LogP contribution in [0.1, 0.15) is 35.7 Å². The summed E-state index contributed by atoms with van der Waals surface area (Å²) in [4.78, 5) is 30.6. The number of amides is 1. The van der Waals surface area contributed by atoms with E-state index in [-0.39, 0.29) is 11.8 Å². The molecule has 1 atom stereocenters. The molecule has 0 saturated carbocycles. The number of pyridine rings is 1. The normalized spacial score (nSPS) is 17.5. The molecule has 3 rings (SSSR count). The van der Waals surface area contributed by atoms with E-state index >= 15 is 0 Å². The maximum atomic E-state index is 12.5. The molecule has 0 aliphatic carbocycles. The fourth-order valence-electron chi connectivity index (χ4n) is 3.40. The SMILES string of the molecule is CCOC(=O)c1cnc2ccc(C)cc2c1N1CCCC(C(N)=O)C1. The molecule has 6 nitrogen and oxygen atoms in total. The number of rotatable bonds is 4. The molecule has 132 valence electrons. The van der Waals surface area contributed by atoms with Gasteiger partial charge in [0.1, 0.15) is 5.56 Å². The van der Waals surface area contributed by atoms with Gasteiger partial charge in [0, 0.05) is 24.7 Å². The van der Waals surface area contributed by atoms with Crippen LogP contribution in [0.5, 0.6) is 0 Å². The number of ether oxygens (including phenoxy) is 1. The molecule has 1 aromatic heterocycles. The lowest BCUT2D eigenvalue weighted by molar-refractivity contribution is -0.122. The molecule has 2 aromatic rings. The first-order valence-corrected chi connectivity index (χ1v) is 8.62. The number of esters is 1. The lowest BCUT2D eigenvalue weighted by atomic mass is 9.95. The summed E-state index contributed by atoms with van der Waals surface area (Å²) in [5.74, 6) is -0.900. The second kappa shape index (κ2) is 7.09. The van der Waals surface area contributed by atoms with Crippen LogP contribution in [0, 0.1) is 12.8 Å². The number of fused-ring (bicyclic) bond motifs is 1. The highest BCUT2D eigenvalue weighted by Gasteiger charge is 2.28.